The molecule has 0 spiro atoms. The highest BCUT2D eigenvalue weighted by atomic mass is 16.1. The Morgan fingerprint density at radius 3 is 2.67 bits per heavy atom. The Kier molecular flexibility index (Phi) is 9.00. The number of anilines is 3. The van der Waals surface area contributed by atoms with Crippen molar-refractivity contribution in [2.45, 2.75) is 39.7 Å². The van der Waals surface area contributed by atoms with Gasteiger partial charge < -0.3 is 30.7 Å². The first-order chi connectivity index (χ1) is 19.2. The number of aryl methyl sites for hydroxylation is 3. The molecule has 4 rings (SSSR count). The van der Waals surface area contributed by atoms with E-state index in [9.17, 15) is 4.79 Å². The molecule has 1 amide bonds. The van der Waals surface area contributed by atoms with Gasteiger partial charge in [0.25, 0.3) is 5.91 Å². The Hall–Kier alpha value is -4.04. The molecule has 0 aliphatic carbocycles. The number of carbonyl (C=O) groups is 1. The van der Waals surface area contributed by atoms with Crippen LogP contribution in [0.5, 0.6) is 0 Å². The van der Waals surface area contributed by atoms with Crippen molar-refractivity contribution in [2.75, 3.05) is 57.2 Å². The zero-order chi connectivity index (χ0) is 29.0. The fourth-order valence-electron chi connectivity index (χ4n) is 5.40. The van der Waals surface area contributed by atoms with Crippen LogP contribution in [0.25, 0.3) is 10.9 Å². The monoisotopic (exact) mass is 541 g/mol. The van der Waals surface area contributed by atoms with E-state index >= 15 is 0 Å². The summed E-state index contributed by atoms with van der Waals surface area (Å²) in [4.78, 5) is 22.3. The van der Waals surface area contributed by atoms with Crippen molar-refractivity contribution >= 4 is 39.6 Å². The van der Waals surface area contributed by atoms with E-state index in [1.807, 2.05) is 19.1 Å². The summed E-state index contributed by atoms with van der Waals surface area (Å²) >= 11 is 0. The Balaban J connectivity index is 1.74. The van der Waals surface area contributed by atoms with E-state index in [0.29, 0.717) is 22.8 Å². The van der Waals surface area contributed by atoms with Gasteiger partial charge in [0, 0.05) is 56.6 Å². The van der Waals surface area contributed by atoms with Gasteiger partial charge in [-0.3, -0.25) is 4.79 Å². The lowest BCUT2D eigenvalue weighted by molar-refractivity contribution is -0.116. The molecule has 8 nitrogen and oxygen atoms in total. The fourth-order valence-corrected chi connectivity index (χ4v) is 5.40. The number of amides is 1. The number of benzene rings is 2. The minimum atomic E-state index is -0.190. The largest absolute Gasteiger partial charge is 0.397 e. The molecule has 0 radical (unpaired) electrons. The molecular weight excluding hydrogens is 498 g/mol. The van der Waals surface area contributed by atoms with Crippen molar-refractivity contribution in [3.63, 3.8) is 0 Å². The Bertz CT molecular complexity index is 1480. The Labute approximate surface area is 238 Å². The molecule has 0 saturated carbocycles. The lowest BCUT2D eigenvalue weighted by Gasteiger charge is -2.25. The number of aromatic nitrogens is 1. The van der Waals surface area contributed by atoms with E-state index in [4.69, 9.17) is 10.7 Å². The molecule has 1 aromatic heterocycles. The quantitative estimate of drug-likeness (QED) is 0.184. The summed E-state index contributed by atoms with van der Waals surface area (Å²) < 4.78 is 2.29. The molecule has 3 aromatic rings. The number of nitrogens with two attached hydrogens (primary N) is 1. The SMILES string of the molecule is C=C(/N=C(\C(=C/C)C(=O)NC)c1cn2c3c(cccc13)CCC2)Nc1cc(N)c(N(C)CCN(C)C)cc1CC. The predicted octanol–water partition coefficient (Wildman–Crippen LogP) is 4.79. The zero-order valence-corrected chi connectivity index (χ0v) is 24.8. The maximum Gasteiger partial charge on any atom is 0.252 e. The summed E-state index contributed by atoms with van der Waals surface area (Å²) in [5.74, 6) is 0.248. The van der Waals surface area contributed by atoms with Gasteiger partial charge in [0.1, 0.15) is 5.82 Å². The zero-order valence-electron chi connectivity index (χ0n) is 24.8. The maximum atomic E-state index is 13.0. The number of likely N-dealkylation sites (N-methyl/N-ethyl adjacent to an activating group) is 3. The van der Waals surface area contributed by atoms with Crippen LogP contribution in [0.15, 0.2) is 65.6 Å². The minimum absolute atomic E-state index is 0.190. The van der Waals surface area contributed by atoms with Crippen molar-refractivity contribution in [1.82, 2.24) is 14.8 Å². The number of hydrogen-bond donors (Lipinski definition) is 3. The molecule has 0 saturated heterocycles. The number of aliphatic imine (C=N–C) groups is 1. The number of para-hydroxylation sites is 1. The van der Waals surface area contributed by atoms with Crippen molar-refractivity contribution in [1.29, 1.82) is 0 Å². The second-order valence-corrected chi connectivity index (χ2v) is 10.6. The summed E-state index contributed by atoms with van der Waals surface area (Å²) in [6, 6.07) is 10.5. The highest BCUT2D eigenvalue weighted by Gasteiger charge is 2.24. The van der Waals surface area contributed by atoms with Gasteiger partial charge in [-0.15, -0.1) is 0 Å². The van der Waals surface area contributed by atoms with Gasteiger partial charge in [0.2, 0.25) is 0 Å². The molecule has 1 aliphatic heterocycles. The highest BCUT2D eigenvalue weighted by molar-refractivity contribution is 6.31. The summed E-state index contributed by atoms with van der Waals surface area (Å²) in [6.07, 6.45) is 6.89. The van der Waals surface area contributed by atoms with Gasteiger partial charge in [-0.2, -0.15) is 0 Å². The average Bonchev–Trinajstić information content (AvgIpc) is 3.31. The molecule has 2 aromatic carbocycles. The molecule has 0 atom stereocenters. The molecule has 2 heterocycles. The molecule has 0 unspecified atom stereocenters. The second-order valence-electron chi connectivity index (χ2n) is 10.6. The fraction of sp³-hybridized carbons (Fsp3) is 0.375. The van der Waals surface area contributed by atoms with Crippen LogP contribution in [-0.2, 0) is 24.2 Å². The van der Waals surface area contributed by atoms with Crippen LogP contribution >= 0.6 is 0 Å². The normalized spacial score (nSPS) is 13.6. The van der Waals surface area contributed by atoms with Crippen LogP contribution < -0.4 is 21.3 Å². The highest BCUT2D eigenvalue weighted by Crippen LogP contribution is 2.33. The van der Waals surface area contributed by atoms with Gasteiger partial charge in [-0.05, 0) is 63.5 Å². The Morgan fingerprint density at radius 1 is 1.23 bits per heavy atom. The van der Waals surface area contributed by atoms with Gasteiger partial charge in [0.15, 0.2) is 0 Å². The number of nitrogens with zero attached hydrogens (tertiary/aromatic N) is 4. The summed E-state index contributed by atoms with van der Waals surface area (Å²) in [6.45, 7) is 11.0. The summed E-state index contributed by atoms with van der Waals surface area (Å²) in [5.41, 5.74) is 14.8. The molecule has 0 bridgehead atoms. The third-order valence-electron chi connectivity index (χ3n) is 7.55. The van der Waals surface area contributed by atoms with Gasteiger partial charge >= 0.3 is 0 Å². The van der Waals surface area contributed by atoms with Crippen molar-refractivity contribution in [2.24, 2.45) is 4.99 Å². The van der Waals surface area contributed by atoms with E-state index in [0.717, 1.165) is 66.8 Å². The standard InChI is InChI=1S/C32H43N7O/c1-8-22-18-29(38(7)17-16-37(5)6)27(33)19-28(22)35-21(3)36-30(24(9-2)32(40)34-4)26-20-39-15-11-13-23-12-10-14-25(26)31(23)39/h9-10,12,14,18-20,35H,3,8,11,13,15-17,33H2,1-2,4-7H3,(H,34,40)/b24-9+,36-30+. The number of carbonyl (C=O) groups excluding carboxylic acids is 1. The first kappa shape index (κ1) is 29.0. The third kappa shape index (κ3) is 5.92. The molecule has 40 heavy (non-hydrogen) atoms. The number of nitrogens with one attached hydrogen (secondary N) is 2. The predicted molar refractivity (Wildman–Crippen MR) is 169 cm³/mol. The number of allylic oxidation sites excluding steroid dienone is 1. The van der Waals surface area contributed by atoms with E-state index in [1.54, 1.807) is 7.05 Å². The molecule has 8 heteroatoms. The van der Waals surface area contributed by atoms with E-state index < -0.39 is 0 Å². The summed E-state index contributed by atoms with van der Waals surface area (Å²) in [5, 5.41) is 7.26. The molecular formula is C32H43N7O. The van der Waals surface area contributed by atoms with Crippen LogP contribution in [0.2, 0.25) is 0 Å². The molecule has 4 N–H and O–H groups in total. The molecule has 1 aliphatic rings. The van der Waals surface area contributed by atoms with E-state index in [1.165, 1.54) is 11.1 Å². The van der Waals surface area contributed by atoms with Crippen molar-refractivity contribution in [3.8, 4) is 0 Å². The lowest BCUT2D eigenvalue weighted by atomic mass is 9.98. The van der Waals surface area contributed by atoms with Crippen LogP contribution in [0.1, 0.15) is 37.0 Å². The third-order valence-corrected chi connectivity index (χ3v) is 7.55. The smallest absolute Gasteiger partial charge is 0.252 e. The van der Waals surface area contributed by atoms with Crippen LogP contribution in [0.3, 0.4) is 0 Å². The minimum Gasteiger partial charge on any atom is -0.397 e. The van der Waals surface area contributed by atoms with Crippen LogP contribution in [0, 0.1) is 0 Å². The number of rotatable bonds is 11. The van der Waals surface area contributed by atoms with Gasteiger partial charge in [-0.1, -0.05) is 37.8 Å². The molecule has 0 fully saturated rings. The topological polar surface area (TPSA) is 90.9 Å². The lowest BCUT2D eigenvalue weighted by Crippen LogP contribution is -2.29. The maximum absolute atomic E-state index is 13.0. The second kappa shape index (κ2) is 12.4. The molecule has 212 valence electrons. The Morgan fingerprint density at radius 2 is 2.00 bits per heavy atom. The van der Waals surface area contributed by atoms with Crippen LogP contribution in [-0.4, -0.2) is 62.4 Å². The average molecular weight is 542 g/mol. The van der Waals surface area contributed by atoms with Gasteiger partial charge in [-0.25, -0.2) is 4.99 Å². The number of hydrogen-bond acceptors (Lipinski definition) is 6. The van der Waals surface area contributed by atoms with Crippen molar-refractivity contribution in [3.05, 3.63) is 77.3 Å². The van der Waals surface area contributed by atoms with E-state index in [-0.39, 0.29) is 5.91 Å². The first-order valence-electron chi connectivity index (χ1n) is 14.0. The van der Waals surface area contributed by atoms with Crippen molar-refractivity contribution < 1.29 is 4.79 Å². The van der Waals surface area contributed by atoms with Crippen LogP contribution in [0.4, 0.5) is 17.1 Å². The number of nitrogen functional groups attached to an aromatic ring is 1. The first-order valence-corrected chi connectivity index (χ1v) is 14.0. The van der Waals surface area contributed by atoms with Gasteiger partial charge in [0.05, 0.1) is 28.2 Å². The van der Waals surface area contributed by atoms with E-state index in [2.05, 4.69) is 90.1 Å². The summed E-state index contributed by atoms with van der Waals surface area (Å²) in [7, 11) is 7.83.